The second-order valence-corrected chi connectivity index (χ2v) is 9.81. The quantitative estimate of drug-likeness (QED) is 0.380. The molecule has 0 amide bonds. The monoisotopic (exact) mass is 464 g/mol. The van der Waals surface area contributed by atoms with E-state index in [0.29, 0.717) is 17.0 Å². The van der Waals surface area contributed by atoms with Crippen LogP contribution in [-0.4, -0.2) is 23.0 Å². The summed E-state index contributed by atoms with van der Waals surface area (Å²) in [6.45, 7) is -0.0236. The minimum absolute atomic E-state index is 0.0236. The zero-order chi connectivity index (χ0) is 23.1. The van der Waals surface area contributed by atoms with Gasteiger partial charge in [0.15, 0.2) is 0 Å². The van der Waals surface area contributed by atoms with Crippen LogP contribution in [0, 0.1) is 0 Å². The Morgan fingerprint density at radius 2 is 1.29 bits per heavy atom. The molecule has 0 saturated heterocycles. The number of aromatic nitrogens is 3. The number of benzene rings is 4. The Bertz CT molecular complexity index is 1750. The Hall–Kier alpha value is -4.07. The number of hydrogen-bond donors (Lipinski definition) is 1. The number of nitrogens with zero attached hydrogens (tertiary/aromatic N) is 3. The van der Waals surface area contributed by atoms with Crippen molar-refractivity contribution in [1.82, 2.24) is 19.3 Å². The van der Waals surface area contributed by atoms with E-state index in [9.17, 15) is 8.42 Å². The molecule has 0 atom stereocenters. The molecule has 2 aromatic heterocycles. The molecule has 0 saturated carbocycles. The van der Waals surface area contributed by atoms with Gasteiger partial charge >= 0.3 is 0 Å². The number of para-hydroxylation sites is 1. The average molecular weight is 465 g/mol. The Kier molecular flexibility index (Phi) is 4.86. The fraction of sp³-hybridized carbons (Fsp3) is 0.0370. The lowest BCUT2D eigenvalue weighted by Gasteiger charge is -2.12. The fourth-order valence-electron chi connectivity index (χ4n) is 4.26. The van der Waals surface area contributed by atoms with Crippen molar-refractivity contribution in [3.8, 4) is 5.82 Å². The molecule has 6 rings (SSSR count). The van der Waals surface area contributed by atoms with E-state index in [-0.39, 0.29) is 11.4 Å². The minimum atomic E-state index is -3.77. The highest BCUT2D eigenvalue weighted by Gasteiger charge is 2.18. The molecule has 0 aliphatic heterocycles. The van der Waals surface area contributed by atoms with Gasteiger partial charge in [-0.2, -0.15) is 0 Å². The summed E-state index contributed by atoms with van der Waals surface area (Å²) in [6.07, 6.45) is 4.04. The van der Waals surface area contributed by atoms with E-state index < -0.39 is 10.0 Å². The van der Waals surface area contributed by atoms with Crippen molar-refractivity contribution in [2.75, 3.05) is 0 Å². The summed E-state index contributed by atoms with van der Waals surface area (Å²) in [5.41, 5.74) is 0.754. The van der Waals surface area contributed by atoms with Crippen molar-refractivity contribution in [3.05, 3.63) is 109 Å². The maximum atomic E-state index is 13.2. The summed E-state index contributed by atoms with van der Waals surface area (Å²) in [5, 5.41) is 4.64. The topological polar surface area (TPSA) is 76.9 Å². The largest absolute Gasteiger partial charge is 0.307 e. The van der Waals surface area contributed by atoms with Crippen molar-refractivity contribution >= 4 is 42.5 Å². The van der Waals surface area contributed by atoms with Gasteiger partial charge in [-0.15, -0.1) is 0 Å². The lowest BCUT2D eigenvalue weighted by molar-refractivity contribution is 0.580. The number of nitrogens with one attached hydrogen (secondary N) is 1. The normalized spacial score (nSPS) is 12.0. The maximum absolute atomic E-state index is 13.2. The summed E-state index contributed by atoms with van der Waals surface area (Å²) < 4.78 is 31.0. The molecule has 4 aromatic carbocycles. The van der Waals surface area contributed by atoms with E-state index in [4.69, 9.17) is 4.98 Å². The van der Waals surface area contributed by atoms with Crippen LogP contribution in [0.15, 0.2) is 108 Å². The number of sulfonamides is 1. The Morgan fingerprint density at radius 3 is 2.06 bits per heavy atom. The highest BCUT2D eigenvalue weighted by atomic mass is 32.2. The van der Waals surface area contributed by atoms with Gasteiger partial charge in [-0.05, 0) is 34.4 Å². The molecule has 2 heterocycles. The first kappa shape index (κ1) is 20.5. The van der Waals surface area contributed by atoms with Crippen molar-refractivity contribution in [1.29, 1.82) is 0 Å². The first-order chi connectivity index (χ1) is 16.6. The first-order valence-electron chi connectivity index (χ1n) is 10.9. The third-order valence-corrected chi connectivity index (χ3v) is 7.35. The number of fused-ring (bicyclic) bond motifs is 3. The lowest BCUT2D eigenvalue weighted by Crippen LogP contribution is -2.25. The van der Waals surface area contributed by atoms with Gasteiger partial charge in [0.25, 0.3) is 0 Å². The molecular formula is C27H20N4O2S. The highest BCUT2D eigenvalue weighted by Crippen LogP contribution is 2.25. The zero-order valence-electron chi connectivity index (χ0n) is 18.1. The lowest BCUT2D eigenvalue weighted by atomic mass is 10.1. The molecule has 0 bridgehead atoms. The first-order valence-corrected chi connectivity index (χ1v) is 12.4. The molecule has 6 aromatic rings. The second kappa shape index (κ2) is 8.06. The molecule has 6 nitrogen and oxygen atoms in total. The van der Waals surface area contributed by atoms with Crippen LogP contribution in [-0.2, 0) is 16.6 Å². The Balaban J connectivity index is 1.40. The number of rotatable bonds is 5. The third kappa shape index (κ3) is 3.61. The molecule has 0 radical (unpaired) electrons. The van der Waals surface area contributed by atoms with E-state index >= 15 is 0 Å². The summed E-state index contributed by atoms with van der Waals surface area (Å²) in [4.78, 5) is 9.61. The molecule has 0 spiro atoms. The predicted molar refractivity (Wildman–Crippen MR) is 134 cm³/mol. The Labute approximate surface area is 196 Å². The van der Waals surface area contributed by atoms with Gasteiger partial charge in [0.2, 0.25) is 10.0 Å². The van der Waals surface area contributed by atoms with E-state index in [1.54, 1.807) is 12.1 Å². The minimum Gasteiger partial charge on any atom is -0.307 e. The molecular weight excluding hydrogens is 444 g/mol. The highest BCUT2D eigenvalue weighted by molar-refractivity contribution is 7.89. The van der Waals surface area contributed by atoms with Crippen LogP contribution < -0.4 is 4.72 Å². The van der Waals surface area contributed by atoms with Crippen molar-refractivity contribution in [2.24, 2.45) is 0 Å². The van der Waals surface area contributed by atoms with E-state index in [1.165, 1.54) is 0 Å². The van der Waals surface area contributed by atoms with Gasteiger partial charge < -0.3 is 4.57 Å². The van der Waals surface area contributed by atoms with Gasteiger partial charge in [-0.3, -0.25) is 0 Å². The summed E-state index contributed by atoms with van der Waals surface area (Å²) in [5.74, 6) is 1.11. The van der Waals surface area contributed by atoms with Crippen LogP contribution in [0.2, 0.25) is 0 Å². The molecule has 0 fully saturated rings. The van der Waals surface area contributed by atoms with E-state index in [2.05, 4.69) is 21.8 Å². The molecule has 7 heteroatoms. The van der Waals surface area contributed by atoms with Gasteiger partial charge in [0.1, 0.15) is 11.6 Å². The van der Waals surface area contributed by atoms with Gasteiger partial charge in [0, 0.05) is 23.2 Å². The molecule has 0 aliphatic carbocycles. The predicted octanol–water partition coefficient (Wildman–Crippen LogP) is 5.21. The standard InChI is InChI=1S/C27H20N4O2S/c32-34(33,25-15-7-11-19-8-3-4-12-22(19)25)28-16-26-29-24-14-6-5-13-23(24)27(30-26)31-17-20-9-1-2-10-21(20)18-31/h1-15,17-18,28H,16H2. The second-order valence-electron chi connectivity index (χ2n) is 8.08. The van der Waals surface area contributed by atoms with Crippen molar-refractivity contribution in [2.45, 2.75) is 11.4 Å². The average Bonchev–Trinajstić information content (AvgIpc) is 3.31. The Morgan fingerprint density at radius 1 is 0.676 bits per heavy atom. The maximum Gasteiger partial charge on any atom is 0.241 e. The number of hydrogen-bond acceptors (Lipinski definition) is 4. The third-order valence-electron chi connectivity index (χ3n) is 5.89. The SMILES string of the molecule is O=S(=O)(NCc1nc(-n2cc3ccccc3c2)c2ccccc2n1)c1cccc2ccccc12. The smallest absolute Gasteiger partial charge is 0.241 e. The van der Waals surface area contributed by atoms with Crippen LogP contribution in [0.5, 0.6) is 0 Å². The van der Waals surface area contributed by atoms with E-state index in [0.717, 1.165) is 27.1 Å². The van der Waals surface area contributed by atoms with Crippen LogP contribution in [0.25, 0.3) is 38.3 Å². The van der Waals surface area contributed by atoms with Crippen LogP contribution in [0.1, 0.15) is 5.82 Å². The molecule has 34 heavy (non-hydrogen) atoms. The zero-order valence-corrected chi connectivity index (χ0v) is 18.9. The van der Waals surface area contributed by atoms with Crippen LogP contribution in [0.3, 0.4) is 0 Å². The van der Waals surface area contributed by atoms with E-state index in [1.807, 2.05) is 83.7 Å². The van der Waals surface area contributed by atoms with Crippen LogP contribution in [0.4, 0.5) is 0 Å². The van der Waals surface area contributed by atoms with Gasteiger partial charge in [-0.25, -0.2) is 23.1 Å². The van der Waals surface area contributed by atoms with Crippen molar-refractivity contribution in [3.63, 3.8) is 0 Å². The molecule has 166 valence electrons. The fourth-order valence-corrected chi connectivity index (χ4v) is 5.46. The summed E-state index contributed by atoms with van der Waals surface area (Å²) in [6, 6.07) is 28.5. The van der Waals surface area contributed by atoms with Gasteiger partial charge in [0.05, 0.1) is 17.0 Å². The van der Waals surface area contributed by atoms with Crippen LogP contribution >= 0.6 is 0 Å². The molecule has 1 N–H and O–H groups in total. The van der Waals surface area contributed by atoms with Crippen molar-refractivity contribution < 1.29 is 8.42 Å². The van der Waals surface area contributed by atoms with Gasteiger partial charge in [-0.1, -0.05) is 72.8 Å². The molecule has 0 aliphatic rings. The molecule has 0 unspecified atom stereocenters. The summed E-state index contributed by atoms with van der Waals surface area (Å²) in [7, 11) is -3.77. The summed E-state index contributed by atoms with van der Waals surface area (Å²) >= 11 is 0.